The van der Waals surface area contributed by atoms with Crippen LogP contribution in [0.5, 0.6) is 0 Å². The van der Waals surface area contributed by atoms with Crippen molar-refractivity contribution in [2.75, 3.05) is 32.7 Å². The number of hydrogen-bond acceptors (Lipinski definition) is 3. The second kappa shape index (κ2) is 7.21. The Balaban J connectivity index is 1.65. The first-order valence-corrected chi connectivity index (χ1v) is 7.80. The fourth-order valence-corrected chi connectivity index (χ4v) is 2.77. The van der Waals surface area contributed by atoms with Gasteiger partial charge in [0.05, 0.1) is 0 Å². The first-order chi connectivity index (χ1) is 9.53. The summed E-state index contributed by atoms with van der Waals surface area (Å²) in [6.45, 7) is 11.3. The maximum Gasteiger partial charge on any atom is 0.0234 e. The van der Waals surface area contributed by atoms with Gasteiger partial charge in [-0.05, 0) is 38.8 Å². The van der Waals surface area contributed by atoms with Gasteiger partial charge in [-0.15, -0.1) is 0 Å². The summed E-state index contributed by atoms with van der Waals surface area (Å²) in [4.78, 5) is 5.13. The van der Waals surface area contributed by atoms with Crippen LogP contribution in [0.1, 0.15) is 32.3 Å². The van der Waals surface area contributed by atoms with Crippen LogP contribution >= 0.6 is 0 Å². The number of piperazine rings is 1. The van der Waals surface area contributed by atoms with Crippen molar-refractivity contribution >= 4 is 0 Å². The molecule has 0 saturated carbocycles. The van der Waals surface area contributed by atoms with Gasteiger partial charge in [-0.1, -0.05) is 30.3 Å². The van der Waals surface area contributed by atoms with Gasteiger partial charge in [-0.2, -0.15) is 0 Å². The molecule has 20 heavy (non-hydrogen) atoms. The summed E-state index contributed by atoms with van der Waals surface area (Å²) in [6.07, 6.45) is 2.32. The van der Waals surface area contributed by atoms with Crippen LogP contribution in [0, 0.1) is 0 Å². The first-order valence-electron chi connectivity index (χ1n) is 7.80. The minimum Gasteiger partial charge on any atom is -0.326 e. The molecular formula is C17H29N3. The smallest absolute Gasteiger partial charge is 0.0234 e. The van der Waals surface area contributed by atoms with Crippen molar-refractivity contribution in [1.29, 1.82) is 0 Å². The minimum absolute atomic E-state index is 0.0187. The van der Waals surface area contributed by atoms with Crippen molar-refractivity contribution in [3.05, 3.63) is 35.9 Å². The number of nitrogens with zero attached hydrogens (tertiary/aromatic N) is 2. The third kappa shape index (κ3) is 5.61. The van der Waals surface area contributed by atoms with Gasteiger partial charge in [-0.25, -0.2) is 0 Å². The number of hydrogen-bond donors (Lipinski definition) is 1. The van der Waals surface area contributed by atoms with Crippen LogP contribution in [0.15, 0.2) is 30.3 Å². The van der Waals surface area contributed by atoms with Crippen LogP contribution in [0.2, 0.25) is 0 Å². The Morgan fingerprint density at radius 3 is 2.20 bits per heavy atom. The second-order valence-electron chi connectivity index (χ2n) is 6.70. The Hall–Kier alpha value is -0.900. The maximum atomic E-state index is 6.03. The molecule has 0 aromatic heterocycles. The molecular weight excluding hydrogens is 246 g/mol. The third-order valence-corrected chi connectivity index (χ3v) is 4.01. The van der Waals surface area contributed by atoms with Crippen molar-refractivity contribution in [2.45, 2.75) is 38.8 Å². The molecule has 2 rings (SSSR count). The van der Waals surface area contributed by atoms with E-state index in [1.165, 1.54) is 44.7 Å². The topological polar surface area (TPSA) is 32.5 Å². The molecule has 3 heteroatoms. The summed E-state index contributed by atoms with van der Waals surface area (Å²) in [5, 5.41) is 0. The number of rotatable bonds is 6. The molecule has 1 saturated heterocycles. The molecule has 3 nitrogen and oxygen atoms in total. The second-order valence-corrected chi connectivity index (χ2v) is 6.70. The lowest BCUT2D eigenvalue weighted by atomic mass is 10.00. The third-order valence-electron chi connectivity index (χ3n) is 4.01. The van der Waals surface area contributed by atoms with Crippen LogP contribution in [0.3, 0.4) is 0 Å². The summed E-state index contributed by atoms with van der Waals surface area (Å²) in [7, 11) is 0. The molecule has 0 amide bonds. The zero-order chi connectivity index (χ0) is 14.4. The molecule has 1 fully saturated rings. The van der Waals surface area contributed by atoms with Gasteiger partial charge in [-0.3, -0.25) is 4.90 Å². The zero-order valence-corrected chi connectivity index (χ0v) is 13.0. The van der Waals surface area contributed by atoms with Gasteiger partial charge < -0.3 is 10.6 Å². The van der Waals surface area contributed by atoms with Gasteiger partial charge in [0.2, 0.25) is 0 Å². The standard InChI is InChI=1S/C17H29N3/c1-17(2,18)9-6-10-19-11-13-20(14-12-19)15-16-7-4-3-5-8-16/h3-5,7-8H,6,9-15,18H2,1-2H3. The molecule has 1 aromatic rings. The van der Waals surface area contributed by atoms with E-state index in [2.05, 4.69) is 54.0 Å². The predicted octanol–water partition coefficient (Wildman–Crippen LogP) is 2.32. The molecule has 0 radical (unpaired) electrons. The van der Waals surface area contributed by atoms with Crippen molar-refractivity contribution in [1.82, 2.24) is 9.80 Å². The summed E-state index contributed by atoms with van der Waals surface area (Å²) < 4.78 is 0. The summed E-state index contributed by atoms with van der Waals surface area (Å²) in [5.41, 5.74) is 7.44. The molecule has 0 aliphatic carbocycles. The van der Waals surface area contributed by atoms with Gasteiger partial charge in [0, 0.05) is 38.3 Å². The molecule has 0 bridgehead atoms. The molecule has 1 heterocycles. The monoisotopic (exact) mass is 275 g/mol. The van der Waals surface area contributed by atoms with E-state index < -0.39 is 0 Å². The minimum atomic E-state index is -0.0187. The summed E-state index contributed by atoms with van der Waals surface area (Å²) in [5.74, 6) is 0. The molecule has 0 unspecified atom stereocenters. The molecule has 1 aromatic carbocycles. The van der Waals surface area contributed by atoms with Gasteiger partial charge >= 0.3 is 0 Å². The Morgan fingerprint density at radius 2 is 1.60 bits per heavy atom. The van der Waals surface area contributed by atoms with E-state index in [-0.39, 0.29) is 5.54 Å². The van der Waals surface area contributed by atoms with Gasteiger partial charge in [0.15, 0.2) is 0 Å². The Bertz CT molecular complexity index is 375. The molecule has 112 valence electrons. The highest BCUT2D eigenvalue weighted by Gasteiger charge is 2.17. The fourth-order valence-electron chi connectivity index (χ4n) is 2.77. The predicted molar refractivity (Wildman–Crippen MR) is 85.7 cm³/mol. The quantitative estimate of drug-likeness (QED) is 0.865. The van der Waals surface area contributed by atoms with Crippen LogP contribution in [-0.2, 0) is 6.54 Å². The molecule has 1 aliphatic rings. The highest BCUT2D eigenvalue weighted by Crippen LogP contribution is 2.11. The van der Waals surface area contributed by atoms with E-state index in [9.17, 15) is 0 Å². The highest BCUT2D eigenvalue weighted by atomic mass is 15.3. The van der Waals surface area contributed by atoms with E-state index in [4.69, 9.17) is 5.73 Å². The fraction of sp³-hybridized carbons (Fsp3) is 0.647. The zero-order valence-electron chi connectivity index (χ0n) is 13.0. The van der Waals surface area contributed by atoms with Crippen LogP contribution in [-0.4, -0.2) is 48.1 Å². The molecule has 0 spiro atoms. The Morgan fingerprint density at radius 1 is 1.00 bits per heavy atom. The van der Waals surface area contributed by atoms with Crippen LogP contribution in [0.4, 0.5) is 0 Å². The Kier molecular flexibility index (Phi) is 5.58. The van der Waals surface area contributed by atoms with Crippen molar-refractivity contribution in [2.24, 2.45) is 5.73 Å². The summed E-state index contributed by atoms with van der Waals surface area (Å²) >= 11 is 0. The summed E-state index contributed by atoms with van der Waals surface area (Å²) in [6, 6.07) is 10.8. The van der Waals surface area contributed by atoms with Crippen molar-refractivity contribution < 1.29 is 0 Å². The lowest BCUT2D eigenvalue weighted by Crippen LogP contribution is -2.46. The van der Waals surface area contributed by atoms with E-state index in [0.29, 0.717) is 0 Å². The molecule has 2 N–H and O–H groups in total. The average molecular weight is 275 g/mol. The first kappa shape index (κ1) is 15.5. The van der Waals surface area contributed by atoms with E-state index in [1.807, 2.05) is 0 Å². The van der Waals surface area contributed by atoms with E-state index in [0.717, 1.165) is 13.0 Å². The lowest BCUT2D eigenvalue weighted by molar-refractivity contribution is 0.124. The molecule has 1 aliphatic heterocycles. The number of nitrogens with two attached hydrogens (primary N) is 1. The lowest BCUT2D eigenvalue weighted by Gasteiger charge is -2.35. The van der Waals surface area contributed by atoms with Gasteiger partial charge in [0.1, 0.15) is 0 Å². The van der Waals surface area contributed by atoms with Crippen molar-refractivity contribution in [3.8, 4) is 0 Å². The Labute approximate surface area is 123 Å². The van der Waals surface area contributed by atoms with Crippen LogP contribution in [0.25, 0.3) is 0 Å². The van der Waals surface area contributed by atoms with E-state index >= 15 is 0 Å². The van der Waals surface area contributed by atoms with Gasteiger partial charge in [0.25, 0.3) is 0 Å². The normalized spacial score (nSPS) is 18.4. The molecule has 0 atom stereocenters. The van der Waals surface area contributed by atoms with Crippen molar-refractivity contribution in [3.63, 3.8) is 0 Å². The highest BCUT2D eigenvalue weighted by molar-refractivity contribution is 5.14. The van der Waals surface area contributed by atoms with Crippen LogP contribution < -0.4 is 5.73 Å². The largest absolute Gasteiger partial charge is 0.326 e. The maximum absolute atomic E-state index is 6.03. The van der Waals surface area contributed by atoms with E-state index in [1.54, 1.807) is 0 Å². The SMILES string of the molecule is CC(C)(N)CCCN1CCN(Cc2ccccc2)CC1. The number of benzene rings is 1. The average Bonchev–Trinajstić information content (AvgIpc) is 2.41.